The van der Waals surface area contributed by atoms with Crippen LogP contribution in [0.15, 0.2) is 24.3 Å². The van der Waals surface area contributed by atoms with Gasteiger partial charge in [-0.2, -0.15) is 0 Å². The van der Waals surface area contributed by atoms with Crippen molar-refractivity contribution in [1.29, 1.82) is 0 Å². The number of amides is 1. The standard InChI is InChI=1S/C22H28FNO5/c1-2-28-20(26)16-9-13-24(14-10-16)19(25)15-29-21(27)22(11-5-6-12-22)17-7-3-4-8-18(17)23/h3-4,7-8,16H,2,5-6,9-15H2,1H3. The SMILES string of the molecule is CCOC(=O)C1CCN(C(=O)COC(=O)C2(c3ccccc3F)CCCC2)CC1. The summed E-state index contributed by atoms with van der Waals surface area (Å²) < 4.78 is 24.8. The molecule has 1 aromatic carbocycles. The third-order valence-corrected chi connectivity index (χ3v) is 6.03. The second kappa shape index (κ2) is 9.37. The van der Waals surface area contributed by atoms with Gasteiger partial charge >= 0.3 is 11.9 Å². The number of carbonyl (C=O) groups is 3. The highest BCUT2D eigenvalue weighted by Gasteiger charge is 2.46. The maximum absolute atomic E-state index is 14.4. The van der Waals surface area contributed by atoms with Crippen LogP contribution in [0.4, 0.5) is 4.39 Å². The minimum absolute atomic E-state index is 0.190. The molecule has 0 N–H and O–H groups in total. The van der Waals surface area contributed by atoms with Crippen LogP contribution in [0, 0.1) is 11.7 Å². The van der Waals surface area contributed by atoms with Crippen LogP contribution in [0.2, 0.25) is 0 Å². The summed E-state index contributed by atoms with van der Waals surface area (Å²) >= 11 is 0. The summed E-state index contributed by atoms with van der Waals surface area (Å²) in [6.07, 6.45) is 3.75. The Bertz CT molecular complexity index is 751. The molecule has 29 heavy (non-hydrogen) atoms. The number of halogens is 1. The van der Waals surface area contributed by atoms with Crippen LogP contribution >= 0.6 is 0 Å². The number of nitrogens with zero attached hydrogens (tertiary/aromatic N) is 1. The van der Waals surface area contributed by atoms with Gasteiger partial charge in [-0.15, -0.1) is 0 Å². The Labute approximate surface area is 170 Å². The third-order valence-electron chi connectivity index (χ3n) is 6.03. The van der Waals surface area contributed by atoms with Gasteiger partial charge in [-0.1, -0.05) is 31.0 Å². The van der Waals surface area contributed by atoms with Crippen molar-refractivity contribution >= 4 is 17.8 Å². The minimum Gasteiger partial charge on any atom is -0.466 e. The summed E-state index contributed by atoms with van der Waals surface area (Å²) in [5.74, 6) is -1.65. The number of hydrogen-bond donors (Lipinski definition) is 0. The normalized spacial score (nSPS) is 19.0. The molecule has 7 heteroatoms. The van der Waals surface area contributed by atoms with E-state index in [1.54, 1.807) is 30.0 Å². The summed E-state index contributed by atoms with van der Waals surface area (Å²) in [5, 5.41) is 0. The second-order valence-corrected chi connectivity index (χ2v) is 7.75. The first kappa shape index (κ1) is 21.3. The molecule has 0 spiro atoms. The molecule has 2 aliphatic rings. The number of rotatable bonds is 6. The zero-order chi connectivity index (χ0) is 20.9. The van der Waals surface area contributed by atoms with Gasteiger partial charge in [0.15, 0.2) is 6.61 Å². The van der Waals surface area contributed by atoms with Crippen molar-refractivity contribution in [3.63, 3.8) is 0 Å². The van der Waals surface area contributed by atoms with E-state index in [2.05, 4.69) is 0 Å². The highest BCUT2D eigenvalue weighted by atomic mass is 19.1. The highest BCUT2D eigenvalue weighted by molar-refractivity contribution is 5.87. The lowest BCUT2D eigenvalue weighted by atomic mass is 9.78. The van der Waals surface area contributed by atoms with Crippen LogP contribution in [0.1, 0.15) is 51.0 Å². The first-order valence-electron chi connectivity index (χ1n) is 10.3. The fourth-order valence-electron chi connectivity index (χ4n) is 4.39. The Balaban J connectivity index is 1.57. The lowest BCUT2D eigenvalue weighted by Crippen LogP contribution is -2.44. The Morgan fingerprint density at radius 1 is 1.10 bits per heavy atom. The molecule has 0 aromatic heterocycles. The number of carbonyl (C=O) groups excluding carboxylic acids is 3. The fourth-order valence-corrected chi connectivity index (χ4v) is 4.39. The van der Waals surface area contributed by atoms with Gasteiger partial charge in [0.05, 0.1) is 17.9 Å². The quantitative estimate of drug-likeness (QED) is 0.681. The number of likely N-dealkylation sites (tertiary alicyclic amines) is 1. The zero-order valence-electron chi connectivity index (χ0n) is 16.8. The average Bonchev–Trinajstić information content (AvgIpc) is 3.23. The second-order valence-electron chi connectivity index (χ2n) is 7.75. The Hall–Kier alpha value is -2.44. The van der Waals surface area contributed by atoms with Crippen molar-refractivity contribution in [1.82, 2.24) is 4.90 Å². The van der Waals surface area contributed by atoms with Crippen LogP contribution in [-0.4, -0.2) is 49.0 Å². The number of esters is 2. The van der Waals surface area contributed by atoms with Gasteiger partial charge in [0.1, 0.15) is 5.82 Å². The summed E-state index contributed by atoms with van der Waals surface area (Å²) in [6, 6.07) is 6.28. The van der Waals surface area contributed by atoms with E-state index < -0.39 is 17.2 Å². The molecule has 2 fully saturated rings. The summed E-state index contributed by atoms with van der Waals surface area (Å²) in [7, 11) is 0. The molecule has 158 valence electrons. The van der Waals surface area contributed by atoms with Gasteiger partial charge in [0.25, 0.3) is 5.91 Å². The van der Waals surface area contributed by atoms with Crippen LogP contribution in [0.3, 0.4) is 0 Å². The Kier molecular flexibility index (Phi) is 6.87. The number of ether oxygens (including phenoxy) is 2. The first-order valence-corrected chi connectivity index (χ1v) is 10.3. The van der Waals surface area contributed by atoms with Gasteiger partial charge in [-0.25, -0.2) is 4.39 Å². The third kappa shape index (κ3) is 4.60. The Morgan fingerprint density at radius 2 is 1.76 bits per heavy atom. The van der Waals surface area contributed by atoms with Gasteiger partial charge in [-0.3, -0.25) is 14.4 Å². The fraction of sp³-hybridized carbons (Fsp3) is 0.591. The minimum atomic E-state index is -1.01. The van der Waals surface area contributed by atoms with Crippen LogP contribution < -0.4 is 0 Å². The maximum Gasteiger partial charge on any atom is 0.317 e. The molecule has 1 aromatic rings. The molecule has 1 aliphatic heterocycles. The number of hydrogen-bond acceptors (Lipinski definition) is 5. The molecule has 1 amide bonds. The van der Waals surface area contributed by atoms with Crippen molar-refractivity contribution in [3.8, 4) is 0 Å². The van der Waals surface area contributed by atoms with Crippen LogP contribution in [0.5, 0.6) is 0 Å². The maximum atomic E-state index is 14.4. The molecule has 0 unspecified atom stereocenters. The van der Waals surface area contributed by atoms with Gasteiger partial charge in [0, 0.05) is 18.7 Å². The van der Waals surface area contributed by atoms with Crippen LogP contribution in [0.25, 0.3) is 0 Å². The largest absolute Gasteiger partial charge is 0.466 e. The Morgan fingerprint density at radius 3 is 2.38 bits per heavy atom. The lowest BCUT2D eigenvalue weighted by molar-refractivity contribution is -0.158. The topological polar surface area (TPSA) is 72.9 Å². The van der Waals surface area contributed by atoms with E-state index in [4.69, 9.17) is 9.47 Å². The molecule has 6 nitrogen and oxygen atoms in total. The molecule has 0 radical (unpaired) electrons. The van der Waals surface area contributed by atoms with E-state index in [0.717, 1.165) is 12.8 Å². The monoisotopic (exact) mass is 405 g/mol. The van der Waals surface area contributed by atoms with E-state index in [1.165, 1.54) is 6.07 Å². The highest BCUT2D eigenvalue weighted by Crippen LogP contribution is 2.43. The van der Waals surface area contributed by atoms with E-state index in [-0.39, 0.29) is 24.4 Å². The van der Waals surface area contributed by atoms with Crippen molar-refractivity contribution in [2.75, 3.05) is 26.3 Å². The zero-order valence-corrected chi connectivity index (χ0v) is 16.8. The summed E-state index contributed by atoms with van der Waals surface area (Å²) in [4.78, 5) is 38.8. The van der Waals surface area contributed by atoms with Gasteiger partial charge < -0.3 is 14.4 Å². The molecule has 0 bridgehead atoms. The van der Waals surface area contributed by atoms with Crippen molar-refractivity contribution in [3.05, 3.63) is 35.6 Å². The van der Waals surface area contributed by atoms with Crippen LogP contribution in [-0.2, 0) is 29.3 Å². The van der Waals surface area contributed by atoms with Crippen molar-refractivity contribution < 1.29 is 28.2 Å². The average molecular weight is 405 g/mol. The molecule has 1 saturated heterocycles. The molecule has 1 heterocycles. The summed E-state index contributed by atoms with van der Waals surface area (Å²) in [6.45, 7) is 2.61. The van der Waals surface area contributed by atoms with E-state index in [1.807, 2.05) is 0 Å². The molecule has 1 aliphatic carbocycles. The predicted molar refractivity (Wildman–Crippen MR) is 103 cm³/mol. The number of piperidine rings is 1. The molecular weight excluding hydrogens is 377 g/mol. The predicted octanol–water partition coefficient (Wildman–Crippen LogP) is 2.98. The van der Waals surface area contributed by atoms with Crippen molar-refractivity contribution in [2.24, 2.45) is 5.92 Å². The summed E-state index contributed by atoms with van der Waals surface area (Å²) in [5.41, 5.74) is -0.659. The van der Waals surface area contributed by atoms with E-state index in [0.29, 0.717) is 50.9 Å². The first-order chi connectivity index (χ1) is 14.0. The van der Waals surface area contributed by atoms with E-state index in [9.17, 15) is 18.8 Å². The number of benzene rings is 1. The van der Waals surface area contributed by atoms with Gasteiger partial charge in [0.2, 0.25) is 0 Å². The lowest BCUT2D eigenvalue weighted by Gasteiger charge is -2.31. The molecule has 1 saturated carbocycles. The van der Waals surface area contributed by atoms with Crippen molar-refractivity contribution in [2.45, 2.75) is 50.9 Å². The molecule has 3 rings (SSSR count). The molecular formula is C22H28FNO5. The van der Waals surface area contributed by atoms with Gasteiger partial charge in [-0.05, 0) is 38.7 Å². The smallest absolute Gasteiger partial charge is 0.317 e. The molecule has 0 atom stereocenters. The van der Waals surface area contributed by atoms with E-state index >= 15 is 0 Å².